The van der Waals surface area contributed by atoms with Gasteiger partial charge in [0.2, 0.25) is 0 Å². The van der Waals surface area contributed by atoms with Gasteiger partial charge in [-0.05, 0) is 17.7 Å². The first-order chi connectivity index (χ1) is 9.01. The standard InChI is InChI=1S/C14H18O3S2/c1-19(16,17)11-10-18-12-14-7-5-13(6-8-14)4-2-3-9-15/h5-8,15H,3,9-12H2,1H3. The van der Waals surface area contributed by atoms with Crippen LogP contribution in [0.3, 0.4) is 0 Å². The van der Waals surface area contributed by atoms with E-state index in [1.807, 2.05) is 24.3 Å². The maximum Gasteiger partial charge on any atom is 0.148 e. The van der Waals surface area contributed by atoms with Crippen LogP contribution in [-0.2, 0) is 15.6 Å². The number of aliphatic hydroxyl groups is 1. The molecule has 5 heteroatoms. The zero-order chi connectivity index (χ0) is 14.1. The molecule has 0 saturated heterocycles. The van der Waals surface area contributed by atoms with Gasteiger partial charge in [0, 0.05) is 29.7 Å². The van der Waals surface area contributed by atoms with Gasteiger partial charge in [-0.3, -0.25) is 0 Å². The maximum atomic E-state index is 11.0. The van der Waals surface area contributed by atoms with Crippen molar-refractivity contribution in [1.82, 2.24) is 0 Å². The van der Waals surface area contributed by atoms with Crippen LogP contribution in [0.1, 0.15) is 17.5 Å². The van der Waals surface area contributed by atoms with Gasteiger partial charge in [-0.1, -0.05) is 24.0 Å². The molecule has 0 aliphatic carbocycles. The minimum atomic E-state index is -2.86. The van der Waals surface area contributed by atoms with E-state index in [2.05, 4.69) is 11.8 Å². The van der Waals surface area contributed by atoms with Crippen molar-refractivity contribution in [2.45, 2.75) is 12.2 Å². The lowest BCUT2D eigenvalue weighted by Gasteiger charge is -2.01. The number of rotatable bonds is 6. The molecule has 0 atom stereocenters. The van der Waals surface area contributed by atoms with Crippen LogP contribution >= 0.6 is 11.8 Å². The molecule has 0 bridgehead atoms. The SMILES string of the molecule is CS(=O)(=O)CCSCc1ccc(C#CCCO)cc1. The van der Waals surface area contributed by atoms with Crippen molar-refractivity contribution in [3.63, 3.8) is 0 Å². The predicted octanol–water partition coefficient (Wildman–Crippen LogP) is 1.70. The van der Waals surface area contributed by atoms with Gasteiger partial charge in [-0.15, -0.1) is 0 Å². The first-order valence-corrected chi connectivity index (χ1v) is 9.17. The summed E-state index contributed by atoms with van der Waals surface area (Å²) in [6, 6.07) is 7.88. The fourth-order valence-electron chi connectivity index (χ4n) is 1.31. The monoisotopic (exact) mass is 298 g/mol. The normalized spacial score (nSPS) is 10.8. The molecule has 1 N–H and O–H groups in total. The topological polar surface area (TPSA) is 54.4 Å². The number of hydrogen-bond donors (Lipinski definition) is 1. The molecule has 1 aromatic rings. The van der Waals surface area contributed by atoms with Crippen LogP contribution in [0.2, 0.25) is 0 Å². The molecule has 0 radical (unpaired) electrons. The smallest absolute Gasteiger partial charge is 0.148 e. The summed E-state index contributed by atoms with van der Waals surface area (Å²) in [7, 11) is -2.86. The molecule has 0 unspecified atom stereocenters. The number of hydrogen-bond acceptors (Lipinski definition) is 4. The third kappa shape index (κ3) is 7.93. The Morgan fingerprint density at radius 1 is 1.26 bits per heavy atom. The van der Waals surface area contributed by atoms with E-state index in [9.17, 15) is 8.42 Å². The molecule has 1 aromatic carbocycles. The Morgan fingerprint density at radius 3 is 2.53 bits per heavy atom. The highest BCUT2D eigenvalue weighted by Gasteiger charge is 2.01. The second-order valence-electron chi connectivity index (χ2n) is 4.15. The molecule has 0 aliphatic rings. The third-order valence-electron chi connectivity index (χ3n) is 2.29. The van der Waals surface area contributed by atoms with Gasteiger partial charge in [0.25, 0.3) is 0 Å². The largest absolute Gasteiger partial charge is 0.395 e. The minimum Gasteiger partial charge on any atom is -0.395 e. The first kappa shape index (κ1) is 16.1. The maximum absolute atomic E-state index is 11.0. The van der Waals surface area contributed by atoms with Crippen LogP contribution in [0.4, 0.5) is 0 Å². The molecule has 0 spiro atoms. The molecule has 0 amide bonds. The average molecular weight is 298 g/mol. The van der Waals surface area contributed by atoms with E-state index in [1.54, 1.807) is 11.8 Å². The Bertz CT molecular complexity index is 536. The molecule has 19 heavy (non-hydrogen) atoms. The van der Waals surface area contributed by atoms with Crippen LogP contribution in [0.15, 0.2) is 24.3 Å². The highest BCUT2D eigenvalue weighted by Crippen LogP contribution is 2.13. The molecule has 0 saturated carbocycles. The molecule has 0 heterocycles. The lowest BCUT2D eigenvalue weighted by molar-refractivity contribution is 0.305. The number of aliphatic hydroxyl groups excluding tert-OH is 1. The second kappa shape index (κ2) is 8.26. The van der Waals surface area contributed by atoms with E-state index in [-0.39, 0.29) is 12.4 Å². The molecule has 1 rings (SSSR count). The number of sulfone groups is 1. The summed E-state index contributed by atoms with van der Waals surface area (Å²) in [4.78, 5) is 0. The second-order valence-corrected chi connectivity index (χ2v) is 7.52. The summed E-state index contributed by atoms with van der Waals surface area (Å²) < 4.78 is 21.9. The zero-order valence-electron chi connectivity index (χ0n) is 10.9. The Labute approximate surface area is 119 Å². The third-order valence-corrected chi connectivity index (χ3v) is 4.53. The van der Waals surface area contributed by atoms with E-state index >= 15 is 0 Å². The van der Waals surface area contributed by atoms with E-state index in [4.69, 9.17) is 5.11 Å². The summed E-state index contributed by atoms with van der Waals surface area (Å²) >= 11 is 1.61. The molecule has 0 aliphatic heterocycles. The Balaban J connectivity index is 2.39. The lowest BCUT2D eigenvalue weighted by Crippen LogP contribution is -2.05. The highest BCUT2D eigenvalue weighted by molar-refractivity contribution is 7.99. The highest BCUT2D eigenvalue weighted by atomic mass is 32.2. The number of thioether (sulfide) groups is 1. The lowest BCUT2D eigenvalue weighted by atomic mass is 10.1. The quantitative estimate of drug-likeness (QED) is 0.641. The summed E-state index contributed by atoms with van der Waals surface area (Å²) in [5, 5.41) is 8.62. The molecular weight excluding hydrogens is 280 g/mol. The van der Waals surface area contributed by atoms with Crippen LogP contribution in [-0.4, -0.2) is 37.9 Å². The Morgan fingerprint density at radius 2 is 1.95 bits per heavy atom. The zero-order valence-corrected chi connectivity index (χ0v) is 12.6. The van der Waals surface area contributed by atoms with E-state index < -0.39 is 9.84 Å². The van der Waals surface area contributed by atoms with Gasteiger partial charge in [0.15, 0.2) is 0 Å². The average Bonchev–Trinajstić information content (AvgIpc) is 2.36. The first-order valence-electron chi connectivity index (χ1n) is 5.95. The molecular formula is C14H18O3S2. The van der Waals surface area contributed by atoms with E-state index in [0.29, 0.717) is 12.2 Å². The van der Waals surface area contributed by atoms with Gasteiger partial charge < -0.3 is 5.11 Å². The van der Waals surface area contributed by atoms with E-state index in [0.717, 1.165) is 16.9 Å². The van der Waals surface area contributed by atoms with Gasteiger partial charge in [-0.25, -0.2) is 8.42 Å². The molecule has 3 nitrogen and oxygen atoms in total. The Kier molecular flexibility index (Phi) is 7.00. The van der Waals surface area contributed by atoms with Crippen LogP contribution in [0.5, 0.6) is 0 Å². The summed E-state index contributed by atoms with van der Waals surface area (Å²) in [6.07, 6.45) is 1.75. The van der Waals surface area contributed by atoms with Gasteiger partial charge in [0.1, 0.15) is 9.84 Å². The van der Waals surface area contributed by atoms with Crippen molar-refractivity contribution < 1.29 is 13.5 Å². The summed E-state index contributed by atoms with van der Waals surface area (Å²) in [6.45, 7) is 0.0854. The predicted molar refractivity (Wildman–Crippen MR) is 80.9 cm³/mol. The van der Waals surface area contributed by atoms with Crippen molar-refractivity contribution in [2.24, 2.45) is 0 Å². The molecule has 0 fully saturated rings. The van der Waals surface area contributed by atoms with Crippen molar-refractivity contribution in [2.75, 3.05) is 24.4 Å². The van der Waals surface area contributed by atoms with Crippen molar-refractivity contribution in [3.05, 3.63) is 35.4 Å². The fraction of sp³-hybridized carbons (Fsp3) is 0.429. The summed E-state index contributed by atoms with van der Waals surface area (Å²) in [5.74, 6) is 7.48. The van der Waals surface area contributed by atoms with Crippen molar-refractivity contribution in [1.29, 1.82) is 0 Å². The van der Waals surface area contributed by atoms with Gasteiger partial charge >= 0.3 is 0 Å². The Hall–Kier alpha value is -0.960. The number of benzene rings is 1. The molecule has 0 aromatic heterocycles. The van der Waals surface area contributed by atoms with Crippen LogP contribution in [0.25, 0.3) is 0 Å². The van der Waals surface area contributed by atoms with Gasteiger partial charge in [0.05, 0.1) is 12.4 Å². The van der Waals surface area contributed by atoms with Crippen molar-refractivity contribution >= 4 is 21.6 Å². The minimum absolute atomic E-state index is 0.0854. The van der Waals surface area contributed by atoms with Gasteiger partial charge in [-0.2, -0.15) is 11.8 Å². The molecule has 104 valence electrons. The van der Waals surface area contributed by atoms with Crippen molar-refractivity contribution in [3.8, 4) is 11.8 Å². The van der Waals surface area contributed by atoms with E-state index in [1.165, 1.54) is 6.26 Å². The van der Waals surface area contributed by atoms with Crippen LogP contribution in [0, 0.1) is 11.8 Å². The fourth-order valence-corrected chi connectivity index (χ4v) is 3.56. The summed E-state index contributed by atoms with van der Waals surface area (Å²) in [5.41, 5.74) is 2.09. The van der Waals surface area contributed by atoms with Crippen LogP contribution < -0.4 is 0 Å².